The van der Waals surface area contributed by atoms with E-state index in [2.05, 4.69) is 13.2 Å². The number of carbonyl (C=O) groups is 2. The molecule has 1 saturated carbocycles. The largest absolute Gasteiger partial charge is 0.463 e. The van der Waals surface area contributed by atoms with Gasteiger partial charge >= 0.3 is 11.9 Å². The van der Waals surface area contributed by atoms with Crippen LogP contribution in [0.1, 0.15) is 40.5 Å². The molecule has 0 spiro atoms. The van der Waals surface area contributed by atoms with Crippen molar-refractivity contribution in [2.75, 3.05) is 13.2 Å². The van der Waals surface area contributed by atoms with E-state index < -0.39 is 29.6 Å². The van der Waals surface area contributed by atoms with Crippen LogP contribution in [0, 0.1) is 17.3 Å². The van der Waals surface area contributed by atoms with Gasteiger partial charge in [-0.15, -0.1) is 6.58 Å². The monoisotopic (exact) mass is 354 g/mol. The molecule has 142 valence electrons. The lowest BCUT2D eigenvalue weighted by Crippen LogP contribution is -2.57. The van der Waals surface area contributed by atoms with Gasteiger partial charge < -0.3 is 19.7 Å². The molecule has 0 bridgehead atoms. The number of esters is 2. The van der Waals surface area contributed by atoms with E-state index in [0.717, 1.165) is 5.57 Å². The maximum absolute atomic E-state index is 11.2. The zero-order valence-electron chi connectivity index (χ0n) is 15.6. The van der Waals surface area contributed by atoms with E-state index in [0.29, 0.717) is 12.8 Å². The number of rotatable bonds is 7. The third-order valence-corrected chi connectivity index (χ3v) is 5.20. The number of hydrogen-bond acceptors (Lipinski definition) is 6. The number of aliphatic hydroxyl groups excluding tert-OH is 1. The van der Waals surface area contributed by atoms with Gasteiger partial charge in [-0.3, -0.25) is 9.59 Å². The van der Waals surface area contributed by atoms with Crippen molar-refractivity contribution in [3.05, 3.63) is 24.8 Å². The Labute approximate surface area is 149 Å². The lowest BCUT2D eigenvalue weighted by molar-refractivity contribution is -0.187. The van der Waals surface area contributed by atoms with Gasteiger partial charge in [0.2, 0.25) is 0 Å². The van der Waals surface area contributed by atoms with Crippen molar-refractivity contribution in [3.63, 3.8) is 0 Å². The van der Waals surface area contributed by atoms with Crippen molar-refractivity contribution in [2.24, 2.45) is 17.3 Å². The third kappa shape index (κ3) is 4.92. The van der Waals surface area contributed by atoms with Crippen molar-refractivity contribution in [1.29, 1.82) is 0 Å². The SMILES string of the molecule is C=CC1(C)CCC(C(O)(COC(C)=O)COC(C)=O)C(O)C1C(=C)C. The summed E-state index contributed by atoms with van der Waals surface area (Å²) < 4.78 is 9.96. The predicted octanol–water partition coefficient (Wildman–Crippen LogP) is 2.00. The average molecular weight is 354 g/mol. The Hall–Kier alpha value is -1.66. The van der Waals surface area contributed by atoms with Crippen LogP contribution in [-0.2, 0) is 19.1 Å². The van der Waals surface area contributed by atoms with Gasteiger partial charge in [-0.1, -0.05) is 25.2 Å². The van der Waals surface area contributed by atoms with E-state index in [9.17, 15) is 19.8 Å². The Balaban J connectivity index is 3.15. The van der Waals surface area contributed by atoms with Crippen LogP contribution in [0.4, 0.5) is 0 Å². The summed E-state index contributed by atoms with van der Waals surface area (Å²) in [6.07, 6.45) is 2.00. The minimum atomic E-state index is -1.67. The zero-order valence-corrected chi connectivity index (χ0v) is 15.6. The summed E-state index contributed by atoms with van der Waals surface area (Å²) in [6, 6.07) is 0. The van der Waals surface area contributed by atoms with Gasteiger partial charge in [0, 0.05) is 25.7 Å². The quantitative estimate of drug-likeness (QED) is 0.536. The van der Waals surface area contributed by atoms with E-state index in [4.69, 9.17) is 9.47 Å². The van der Waals surface area contributed by atoms with Crippen LogP contribution in [0.5, 0.6) is 0 Å². The van der Waals surface area contributed by atoms with Gasteiger partial charge in [-0.05, 0) is 25.2 Å². The van der Waals surface area contributed by atoms with Crippen molar-refractivity contribution in [2.45, 2.75) is 52.2 Å². The lowest BCUT2D eigenvalue weighted by Gasteiger charge is -2.50. The highest BCUT2D eigenvalue weighted by molar-refractivity contribution is 5.66. The van der Waals surface area contributed by atoms with Crippen LogP contribution in [0.2, 0.25) is 0 Å². The zero-order chi connectivity index (χ0) is 19.4. The van der Waals surface area contributed by atoms with Gasteiger partial charge in [-0.25, -0.2) is 0 Å². The van der Waals surface area contributed by atoms with Crippen LogP contribution in [0.3, 0.4) is 0 Å². The van der Waals surface area contributed by atoms with Crippen LogP contribution in [0.25, 0.3) is 0 Å². The van der Waals surface area contributed by atoms with Crippen molar-refractivity contribution >= 4 is 11.9 Å². The minimum Gasteiger partial charge on any atom is -0.463 e. The van der Waals surface area contributed by atoms with Crippen molar-refractivity contribution in [1.82, 2.24) is 0 Å². The fraction of sp³-hybridized carbons (Fsp3) is 0.684. The molecular weight excluding hydrogens is 324 g/mol. The molecule has 4 atom stereocenters. The Bertz CT molecular complexity index is 522. The molecule has 0 radical (unpaired) electrons. The first-order chi connectivity index (χ1) is 11.5. The molecule has 1 fully saturated rings. The van der Waals surface area contributed by atoms with Crippen molar-refractivity contribution in [3.8, 4) is 0 Å². The number of aliphatic hydroxyl groups is 2. The molecule has 0 aromatic rings. The molecule has 0 saturated heterocycles. The molecule has 0 aromatic carbocycles. The van der Waals surface area contributed by atoms with Crippen LogP contribution in [-0.4, -0.2) is 47.1 Å². The van der Waals surface area contributed by atoms with Crippen LogP contribution in [0.15, 0.2) is 24.8 Å². The summed E-state index contributed by atoms with van der Waals surface area (Å²) in [5, 5.41) is 22.1. The molecule has 4 unspecified atom stereocenters. The Morgan fingerprint density at radius 3 is 2.08 bits per heavy atom. The first kappa shape index (κ1) is 21.4. The maximum atomic E-state index is 11.2. The molecule has 25 heavy (non-hydrogen) atoms. The molecule has 1 rings (SSSR count). The molecule has 1 aliphatic rings. The molecule has 0 amide bonds. The molecule has 0 heterocycles. The van der Waals surface area contributed by atoms with Gasteiger partial charge in [-0.2, -0.15) is 0 Å². The van der Waals surface area contributed by atoms with E-state index in [1.165, 1.54) is 13.8 Å². The molecule has 1 aliphatic carbocycles. The first-order valence-electron chi connectivity index (χ1n) is 8.43. The summed E-state index contributed by atoms with van der Waals surface area (Å²) in [5.74, 6) is -2.07. The highest BCUT2D eigenvalue weighted by Gasteiger charge is 2.52. The van der Waals surface area contributed by atoms with Gasteiger partial charge in [0.05, 0.1) is 6.10 Å². The second-order valence-electron chi connectivity index (χ2n) is 7.33. The fourth-order valence-electron chi connectivity index (χ4n) is 3.79. The summed E-state index contributed by atoms with van der Waals surface area (Å²) >= 11 is 0. The lowest BCUT2D eigenvalue weighted by atomic mass is 9.58. The Kier molecular flexibility index (Phi) is 6.97. The standard InChI is InChI=1S/C19H30O6/c1-7-18(6)9-8-15(17(22)16(18)12(2)3)19(23,10-24-13(4)20)11-25-14(5)21/h7,15-17,22-23H,1-2,8-11H2,3-6H3. The summed E-state index contributed by atoms with van der Waals surface area (Å²) in [6.45, 7) is 13.4. The fourth-order valence-corrected chi connectivity index (χ4v) is 3.79. The topological polar surface area (TPSA) is 93.1 Å². The summed E-state index contributed by atoms with van der Waals surface area (Å²) in [7, 11) is 0. The van der Waals surface area contributed by atoms with Crippen molar-refractivity contribution < 1.29 is 29.3 Å². The van der Waals surface area contributed by atoms with E-state index >= 15 is 0 Å². The summed E-state index contributed by atoms with van der Waals surface area (Å²) in [4.78, 5) is 22.4. The number of hydrogen-bond donors (Lipinski definition) is 2. The Morgan fingerprint density at radius 2 is 1.72 bits per heavy atom. The normalized spacial score (nSPS) is 29.6. The van der Waals surface area contributed by atoms with Gasteiger partial charge in [0.25, 0.3) is 0 Å². The van der Waals surface area contributed by atoms with Gasteiger partial charge in [0.1, 0.15) is 18.8 Å². The molecular formula is C19H30O6. The predicted molar refractivity (Wildman–Crippen MR) is 93.6 cm³/mol. The third-order valence-electron chi connectivity index (χ3n) is 5.20. The number of allylic oxidation sites excluding steroid dienone is 1. The van der Waals surface area contributed by atoms with Crippen LogP contribution < -0.4 is 0 Å². The van der Waals surface area contributed by atoms with E-state index in [1.807, 2.05) is 19.9 Å². The number of carbonyl (C=O) groups excluding carboxylic acids is 2. The number of ether oxygens (including phenoxy) is 2. The molecule has 0 aliphatic heterocycles. The average Bonchev–Trinajstić information content (AvgIpc) is 2.50. The molecule has 6 heteroatoms. The highest BCUT2D eigenvalue weighted by Crippen LogP contribution is 2.50. The Morgan fingerprint density at radius 1 is 1.24 bits per heavy atom. The second kappa shape index (κ2) is 8.15. The first-order valence-corrected chi connectivity index (χ1v) is 8.43. The highest BCUT2D eigenvalue weighted by atomic mass is 16.6. The van der Waals surface area contributed by atoms with Crippen LogP contribution >= 0.6 is 0 Å². The minimum absolute atomic E-state index is 0.315. The second-order valence-corrected chi connectivity index (χ2v) is 7.33. The summed E-state index contributed by atoms with van der Waals surface area (Å²) in [5.41, 5.74) is -1.25. The molecule has 6 nitrogen and oxygen atoms in total. The van der Waals surface area contributed by atoms with E-state index in [1.54, 1.807) is 0 Å². The smallest absolute Gasteiger partial charge is 0.302 e. The molecule has 2 N–H and O–H groups in total. The van der Waals surface area contributed by atoms with Gasteiger partial charge in [0.15, 0.2) is 0 Å². The maximum Gasteiger partial charge on any atom is 0.302 e. The molecule has 0 aromatic heterocycles. The van der Waals surface area contributed by atoms with E-state index in [-0.39, 0.29) is 24.5 Å².